The average molecular weight is 344 g/mol. The lowest BCUT2D eigenvalue weighted by atomic mass is 10.1. The van der Waals surface area contributed by atoms with Crippen molar-refractivity contribution in [1.82, 2.24) is 10.3 Å². The van der Waals surface area contributed by atoms with E-state index in [-0.39, 0.29) is 12.4 Å². The van der Waals surface area contributed by atoms with Crippen LogP contribution in [0.3, 0.4) is 0 Å². The number of hydrogen-bond donors (Lipinski definition) is 1. The van der Waals surface area contributed by atoms with Gasteiger partial charge in [0.25, 0.3) is 0 Å². The molecule has 0 unspecified atom stereocenters. The number of pyridine rings is 1. The number of aromatic nitrogens is 1. The first-order valence-corrected chi connectivity index (χ1v) is 7.03. The molecule has 3 rings (SSSR count). The summed E-state index contributed by atoms with van der Waals surface area (Å²) in [6.07, 6.45) is 6.14. The highest BCUT2D eigenvalue weighted by Gasteiger charge is 2.16. The second-order valence-electron chi connectivity index (χ2n) is 4.54. The second kappa shape index (κ2) is 6.55. The fourth-order valence-electron chi connectivity index (χ4n) is 2.29. The number of ether oxygens (including phenoxy) is 1. The molecule has 1 aromatic carbocycles. The minimum atomic E-state index is 0. The molecule has 3 nitrogen and oxygen atoms in total. The van der Waals surface area contributed by atoms with Crippen LogP contribution in [0.4, 0.5) is 0 Å². The van der Waals surface area contributed by atoms with Crippen LogP contribution < -0.4 is 10.1 Å². The van der Waals surface area contributed by atoms with Crippen LogP contribution in [0.1, 0.15) is 12.8 Å². The van der Waals surface area contributed by atoms with Gasteiger partial charge in [-0.3, -0.25) is 4.98 Å². The zero-order valence-electron chi connectivity index (χ0n) is 10.4. The molecule has 0 bridgehead atoms. The van der Waals surface area contributed by atoms with Gasteiger partial charge in [-0.2, -0.15) is 0 Å². The normalized spacial score (nSPS) is 16.1. The van der Waals surface area contributed by atoms with Gasteiger partial charge in [0, 0.05) is 23.2 Å². The van der Waals surface area contributed by atoms with E-state index in [1.165, 1.54) is 0 Å². The van der Waals surface area contributed by atoms with Gasteiger partial charge >= 0.3 is 0 Å². The molecular weight excluding hydrogens is 328 g/mol. The summed E-state index contributed by atoms with van der Waals surface area (Å²) in [4.78, 5) is 4.13. The van der Waals surface area contributed by atoms with Gasteiger partial charge in [-0.15, -0.1) is 12.4 Å². The van der Waals surface area contributed by atoms with Gasteiger partial charge in [0.2, 0.25) is 0 Å². The molecule has 1 aliphatic heterocycles. The van der Waals surface area contributed by atoms with Crippen LogP contribution in [0.5, 0.6) is 5.75 Å². The number of nitrogens with zero attached hydrogens (tertiary/aromatic N) is 1. The van der Waals surface area contributed by atoms with Gasteiger partial charge < -0.3 is 10.1 Å². The van der Waals surface area contributed by atoms with Gasteiger partial charge in [-0.1, -0.05) is 0 Å². The smallest absolute Gasteiger partial charge is 0.134 e. The summed E-state index contributed by atoms with van der Waals surface area (Å²) in [6.45, 7) is 2.08. The predicted molar refractivity (Wildman–Crippen MR) is 83.2 cm³/mol. The molecule has 2 heterocycles. The fourth-order valence-corrected chi connectivity index (χ4v) is 2.88. The highest BCUT2D eigenvalue weighted by atomic mass is 79.9. The zero-order valence-corrected chi connectivity index (χ0v) is 12.8. The van der Waals surface area contributed by atoms with Gasteiger partial charge in [0.15, 0.2) is 0 Å². The largest absolute Gasteiger partial charge is 0.489 e. The van der Waals surface area contributed by atoms with Crippen molar-refractivity contribution in [2.24, 2.45) is 0 Å². The third-order valence-electron chi connectivity index (χ3n) is 3.30. The minimum Gasteiger partial charge on any atom is -0.489 e. The molecule has 0 aliphatic carbocycles. The number of hydrogen-bond acceptors (Lipinski definition) is 3. The average Bonchev–Trinajstić information content (AvgIpc) is 2.43. The van der Waals surface area contributed by atoms with Crippen molar-refractivity contribution in [1.29, 1.82) is 0 Å². The second-order valence-corrected chi connectivity index (χ2v) is 5.33. The highest BCUT2D eigenvalue weighted by molar-refractivity contribution is 9.10. The zero-order chi connectivity index (χ0) is 12.4. The lowest BCUT2D eigenvalue weighted by molar-refractivity contribution is 0.161. The number of benzene rings is 1. The molecule has 1 aromatic heterocycles. The molecule has 5 heteroatoms. The fraction of sp³-hybridized carbons (Fsp3) is 0.357. The van der Waals surface area contributed by atoms with Crippen molar-refractivity contribution in [2.45, 2.75) is 18.9 Å². The Kier molecular flexibility index (Phi) is 5.02. The van der Waals surface area contributed by atoms with Crippen molar-refractivity contribution in [2.75, 3.05) is 13.1 Å². The van der Waals surface area contributed by atoms with Crippen molar-refractivity contribution in [3.8, 4) is 5.75 Å². The van der Waals surface area contributed by atoms with Crippen molar-refractivity contribution in [3.63, 3.8) is 0 Å². The lowest BCUT2D eigenvalue weighted by Crippen LogP contribution is -2.34. The van der Waals surface area contributed by atoms with Crippen LogP contribution in [-0.2, 0) is 0 Å². The maximum absolute atomic E-state index is 6.09. The number of halogens is 2. The van der Waals surface area contributed by atoms with Crippen LogP contribution in [0, 0.1) is 0 Å². The van der Waals surface area contributed by atoms with Gasteiger partial charge in [-0.05, 0) is 60.1 Å². The summed E-state index contributed by atoms with van der Waals surface area (Å²) in [7, 11) is 0. The molecule has 19 heavy (non-hydrogen) atoms. The maximum atomic E-state index is 6.09. The molecule has 0 saturated carbocycles. The van der Waals surface area contributed by atoms with Gasteiger partial charge in [0.1, 0.15) is 11.9 Å². The van der Waals surface area contributed by atoms with E-state index in [1.54, 1.807) is 6.20 Å². The Bertz CT molecular complexity index is 558. The summed E-state index contributed by atoms with van der Waals surface area (Å²) in [5.41, 5.74) is 0. The van der Waals surface area contributed by atoms with E-state index < -0.39 is 0 Å². The Labute approximate surface area is 127 Å². The van der Waals surface area contributed by atoms with Crippen LogP contribution in [0.15, 0.2) is 35.1 Å². The summed E-state index contributed by atoms with van der Waals surface area (Å²) in [5, 5.41) is 5.62. The van der Waals surface area contributed by atoms with E-state index in [2.05, 4.69) is 32.3 Å². The van der Waals surface area contributed by atoms with Crippen LogP contribution in [-0.4, -0.2) is 24.2 Å². The number of piperidine rings is 1. The lowest BCUT2D eigenvalue weighted by Gasteiger charge is -2.24. The summed E-state index contributed by atoms with van der Waals surface area (Å²) in [5.74, 6) is 0.931. The van der Waals surface area contributed by atoms with E-state index in [0.717, 1.165) is 46.9 Å². The van der Waals surface area contributed by atoms with E-state index in [1.807, 2.05) is 18.3 Å². The SMILES string of the molecule is Brc1c(OC2CCNCC2)ccc2cnccc12.Cl. The Morgan fingerprint density at radius 3 is 2.79 bits per heavy atom. The first kappa shape index (κ1) is 14.6. The maximum Gasteiger partial charge on any atom is 0.134 e. The molecule has 1 N–H and O–H groups in total. The molecule has 0 radical (unpaired) electrons. The summed E-state index contributed by atoms with van der Waals surface area (Å²) < 4.78 is 7.12. The topological polar surface area (TPSA) is 34.1 Å². The molecule has 1 fully saturated rings. The van der Waals surface area contributed by atoms with Crippen molar-refractivity contribution < 1.29 is 4.74 Å². The molecule has 2 aromatic rings. The standard InChI is InChI=1S/C14H15BrN2O.ClH/c15-14-12-5-8-17-9-10(12)1-2-13(14)18-11-3-6-16-7-4-11;/h1-2,5,8-9,11,16H,3-4,6-7H2;1H. The van der Waals surface area contributed by atoms with E-state index in [4.69, 9.17) is 4.74 Å². The van der Waals surface area contributed by atoms with E-state index in [0.29, 0.717) is 6.10 Å². The predicted octanol–water partition coefficient (Wildman–Crippen LogP) is 3.55. The first-order chi connectivity index (χ1) is 8.84. The van der Waals surface area contributed by atoms with Gasteiger partial charge in [-0.25, -0.2) is 0 Å². The van der Waals surface area contributed by atoms with Crippen molar-refractivity contribution >= 4 is 39.1 Å². The highest BCUT2D eigenvalue weighted by Crippen LogP contribution is 2.33. The van der Waals surface area contributed by atoms with Gasteiger partial charge in [0.05, 0.1) is 4.47 Å². The van der Waals surface area contributed by atoms with Crippen LogP contribution in [0.25, 0.3) is 10.8 Å². The van der Waals surface area contributed by atoms with Crippen LogP contribution >= 0.6 is 28.3 Å². The third-order valence-corrected chi connectivity index (χ3v) is 4.12. The third kappa shape index (κ3) is 3.19. The molecule has 102 valence electrons. The molecule has 0 atom stereocenters. The quantitative estimate of drug-likeness (QED) is 0.905. The van der Waals surface area contributed by atoms with E-state index in [9.17, 15) is 0 Å². The monoisotopic (exact) mass is 342 g/mol. The van der Waals surface area contributed by atoms with Crippen molar-refractivity contribution in [3.05, 3.63) is 35.1 Å². The number of rotatable bonds is 2. The Morgan fingerprint density at radius 1 is 1.21 bits per heavy atom. The Hall–Kier alpha value is -0.840. The molecule has 0 spiro atoms. The van der Waals surface area contributed by atoms with E-state index >= 15 is 0 Å². The molecule has 0 amide bonds. The summed E-state index contributed by atoms with van der Waals surface area (Å²) >= 11 is 3.64. The van der Waals surface area contributed by atoms with Crippen LogP contribution in [0.2, 0.25) is 0 Å². The summed E-state index contributed by atoms with van der Waals surface area (Å²) in [6, 6.07) is 6.09. The molecular formula is C14H16BrClN2O. The molecule has 1 aliphatic rings. The molecule has 1 saturated heterocycles. The first-order valence-electron chi connectivity index (χ1n) is 6.24. The Morgan fingerprint density at radius 2 is 2.00 bits per heavy atom. The Balaban J connectivity index is 0.00000133. The number of nitrogens with one attached hydrogen (secondary N) is 1. The minimum absolute atomic E-state index is 0. The number of fused-ring (bicyclic) bond motifs is 1.